The first-order chi connectivity index (χ1) is 8.63. The highest BCUT2D eigenvalue weighted by atomic mass is 16.2. The van der Waals surface area contributed by atoms with Gasteiger partial charge >= 0.3 is 5.69 Å². The van der Waals surface area contributed by atoms with Crippen LogP contribution in [0.2, 0.25) is 0 Å². The van der Waals surface area contributed by atoms with Gasteiger partial charge in [-0.3, -0.25) is 14.8 Å². The molecular formula is C10H14N6O2. The predicted octanol–water partition coefficient (Wildman–Crippen LogP) is -1.13. The van der Waals surface area contributed by atoms with E-state index in [9.17, 15) is 9.59 Å². The summed E-state index contributed by atoms with van der Waals surface area (Å²) in [6.07, 6.45) is 1.99. The van der Waals surface area contributed by atoms with Gasteiger partial charge in [-0.05, 0) is 12.8 Å². The third kappa shape index (κ3) is 1.80. The van der Waals surface area contributed by atoms with Gasteiger partial charge in [0.25, 0.3) is 5.56 Å². The van der Waals surface area contributed by atoms with E-state index in [-0.39, 0.29) is 17.2 Å². The Bertz CT molecular complexity index is 683. The van der Waals surface area contributed by atoms with Crippen LogP contribution in [-0.2, 0) is 0 Å². The minimum absolute atomic E-state index is 0.115. The number of nitrogens with two attached hydrogens (primary N) is 1. The van der Waals surface area contributed by atoms with E-state index in [2.05, 4.69) is 19.9 Å². The molecule has 1 fully saturated rings. The standard InChI is InChI=1S/C10H14N6O2/c11-5-2-1-3-16(4-5)9-12-6-7(13-9)14-10(18)15-8(6)17/h5H,1-4,11H2,(H3,12,13,14,15,17,18)/t5-/m0/s1. The maximum Gasteiger partial charge on any atom is 0.327 e. The monoisotopic (exact) mass is 250 g/mol. The Morgan fingerprint density at radius 3 is 2.89 bits per heavy atom. The molecule has 0 aliphatic carbocycles. The fourth-order valence-electron chi connectivity index (χ4n) is 2.27. The second-order valence-electron chi connectivity index (χ2n) is 4.54. The molecule has 2 aromatic heterocycles. The molecule has 2 aromatic rings. The quantitative estimate of drug-likeness (QED) is 0.509. The van der Waals surface area contributed by atoms with Crippen molar-refractivity contribution < 1.29 is 0 Å². The maximum absolute atomic E-state index is 11.6. The normalized spacial score (nSPS) is 20.5. The third-order valence-corrected chi connectivity index (χ3v) is 3.13. The van der Waals surface area contributed by atoms with Crippen LogP contribution in [-0.4, -0.2) is 39.1 Å². The summed E-state index contributed by atoms with van der Waals surface area (Å²) in [5.41, 5.74) is 5.44. The van der Waals surface area contributed by atoms with Gasteiger partial charge in [-0.1, -0.05) is 0 Å². The maximum atomic E-state index is 11.6. The predicted molar refractivity (Wildman–Crippen MR) is 66.8 cm³/mol. The summed E-state index contributed by atoms with van der Waals surface area (Å²) in [6.45, 7) is 1.54. The van der Waals surface area contributed by atoms with E-state index in [4.69, 9.17) is 5.73 Å². The Kier molecular flexibility index (Phi) is 2.44. The molecule has 1 aliphatic rings. The number of imidazole rings is 1. The van der Waals surface area contributed by atoms with Crippen LogP contribution >= 0.6 is 0 Å². The lowest BCUT2D eigenvalue weighted by Gasteiger charge is -2.30. The lowest BCUT2D eigenvalue weighted by Crippen LogP contribution is -2.43. The van der Waals surface area contributed by atoms with Crippen molar-refractivity contribution in [3.8, 4) is 0 Å². The van der Waals surface area contributed by atoms with Gasteiger partial charge < -0.3 is 15.6 Å². The Hall–Kier alpha value is -2.09. The van der Waals surface area contributed by atoms with Crippen molar-refractivity contribution in [3.05, 3.63) is 20.8 Å². The number of anilines is 1. The van der Waals surface area contributed by atoms with Crippen molar-refractivity contribution in [2.75, 3.05) is 18.0 Å². The van der Waals surface area contributed by atoms with Crippen molar-refractivity contribution >= 4 is 17.1 Å². The van der Waals surface area contributed by atoms with Gasteiger partial charge in [-0.15, -0.1) is 0 Å². The molecule has 1 saturated heterocycles. The Morgan fingerprint density at radius 2 is 2.11 bits per heavy atom. The molecule has 0 unspecified atom stereocenters. The summed E-state index contributed by atoms with van der Waals surface area (Å²) in [5, 5.41) is 0. The van der Waals surface area contributed by atoms with Gasteiger partial charge in [0.1, 0.15) is 0 Å². The molecule has 0 amide bonds. The summed E-state index contributed by atoms with van der Waals surface area (Å²) in [4.78, 5) is 36.5. The van der Waals surface area contributed by atoms with Gasteiger partial charge in [-0.2, -0.15) is 4.98 Å². The van der Waals surface area contributed by atoms with Crippen molar-refractivity contribution in [3.63, 3.8) is 0 Å². The molecule has 18 heavy (non-hydrogen) atoms. The number of piperidine rings is 1. The Balaban J connectivity index is 2.05. The fraction of sp³-hybridized carbons (Fsp3) is 0.500. The molecule has 0 saturated carbocycles. The summed E-state index contributed by atoms with van der Waals surface area (Å²) in [7, 11) is 0. The van der Waals surface area contributed by atoms with Crippen LogP contribution in [0.5, 0.6) is 0 Å². The molecule has 1 atom stereocenters. The van der Waals surface area contributed by atoms with E-state index in [1.165, 1.54) is 0 Å². The zero-order valence-electron chi connectivity index (χ0n) is 9.69. The number of rotatable bonds is 1. The van der Waals surface area contributed by atoms with Crippen LogP contribution in [0, 0.1) is 0 Å². The number of hydrogen-bond acceptors (Lipinski definition) is 5. The second-order valence-corrected chi connectivity index (χ2v) is 4.54. The van der Waals surface area contributed by atoms with Gasteiger partial charge in [0.15, 0.2) is 11.2 Å². The molecule has 0 radical (unpaired) electrons. The number of aromatic nitrogens is 4. The van der Waals surface area contributed by atoms with Crippen LogP contribution in [0.15, 0.2) is 9.59 Å². The minimum Gasteiger partial charge on any atom is -0.341 e. The molecule has 96 valence electrons. The fourth-order valence-corrected chi connectivity index (χ4v) is 2.27. The molecule has 0 aromatic carbocycles. The van der Waals surface area contributed by atoms with Gasteiger partial charge in [0, 0.05) is 19.1 Å². The SMILES string of the molecule is N[C@H]1CCCN(c2nc3[nH]c(=O)[nH]c(=O)c3[nH]2)C1. The number of hydrogen-bond donors (Lipinski definition) is 4. The molecule has 1 aliphatic heterocycles. The summed E-state index contributed by atoms with van der Waals surface area (Å²) >= 11 is 0. The number of nitrogens with zero attached hydrogens (tertiary/aromatic N) is 2. The van der Waals surface area contributed by atoms with Crippen LogP contribution in [0.4, 0.5) is 5.95 Å². The van der Waals surface area contributed by atoms with E-state index in [0.717, 1.165) is 19.4 Å². The molecule has 8 nitrogen and oxygen atoms in total. The summed E-state index contributed by atoms with van der Waals surface area (Å²) < 4.78 is 0. The van der Waals surface area contributed by atoms with Crippen LogP contribution in [0.25, 0.3) is 11.2 Å². The highest BCUT2D eigenvalue weighted by Gasteiger charge is 2.20. The van der Waals surface area contributed by atoms with E-state index in [1.54, 1.807) is 0 Å². The highest BCUT2D eigenvalue weighted by molar-refractivity contribution is 5.72. The van der Waals surface area contributed by atoms with Crippen LogP contribution in [0.3, 0.4) is 0 Å². The topological polar surface area (TPSA) is 124 Å². The summed E-state index contributed by atoms with van der Waals surface area (Å²) in [5.74, 6) is 0.576. The molecule has 3 heterocycles. The zero-order valence-corrected chi connectivity index (χ0v) is 9.69. The van der Waals surface area contributed by atoms with Gasteiger partial charge in [-0.25, -0.2) is 4.79 Å². The number of fused-ring (bicyclic) bond motifs is 1. The molecular weight excluding hydrogens is 236 g/mol. The molecule has 5 N–H and O–H groups in total. The first-order valence-electron chi connectivity index (χ1n) is 5.86. The first-order valence-corrected chi connectivity index (χ1v) is 5.86. The van der Waals surface area contributed by atoms with Gasteiger partial charge in [0.05, 0.1) is 0 Å². The number of aromatic amines is 3. The third-order valence-electron chi connectivity index (χ3n) is 3.13. The van der Waals surface area contributed by atoms with Crippen LogP contribution < -0.4 is 21.9 Å². The van der Waals surface area contributed by atoms with Crippen molar-refractivity contribution in [2.45, 2.75) is 18.9 Å². The minimum atomic E-state index is -0.555. The largest absolute Gasteiger partial charge is 0.341 e. The van der Waals surface area contributed by atoms with Crippen LogP contribution in [0.1, 0.15) is 12.8 Å². The van der Waals surface area contributed by atoms with E-state index < -0.39 is 11.2 Å². The molecule has 3 rings (SSSR count). The number of nitrogens with one attached hydrogen (secondary N) is 3. The van der Waals surface area contributed by atoms with Gasteiger partial charge in [0.2, 0.25) is 5.95 Å². The van der Waals surface area contributed by atoms with E-state index >= 15 is 0 Å². The average molecular weight is 250 g/mol. The average Bonchev–Trinajstić information content (AvgIpc) is 2.73. The van der Waals surface area contributed by atoms with Crippen molar-refractivity contribution in [1.82, 2.24) is 19.9 Å². The zero-order chi connectivity index (χ0) is 12.7. The van der Waals surface area contributed by atoms with E-state index in [0.29, 0.717) is 12.5 Å². The lowest BCUT2D eigenvalue weighted by molar-refractivity contribution is 0.501. The van der Waals surface area contributed by atoms with Crippen molar-refractivity contribution in [1.29, 1.82) is 0 Å². The van der Waals surface area contributed by atoms with Crippen molar-refractivity contribution in [2.24, 2.45) is 5.73 Å². The smallest absolute Gasteiger partial charge is 0.327 e. The lowest BCUT2D eigenvalue weighted by atomic mass is 10.1. The number of H-pyrrole nitrogens is 3. The second kappa shape index (κ2) is 3.98. The molecule has 8 heteroatoms. The Labute approximate surface area is 101 Å². The summed E-state index contributed by atoms with van der Waals surface area (Å²) in [6, 6.07) is 0.115. The first kappa shape index (κ1) is 11.0. The van der Waals surface area contributed by atoms with E-state index in [1.807, 2.05) is 4.90 Å². The molecule has 0 spiro atoms. The Morgan fingerprint density at radius 1 is 1.28 bits per heavy atom. The molecule has 0 bridgehead atoms. The highest BCUT2D eigenvalue weighted by Crippen LogP contribution is 2.17.